The zero-order valence-corrected chi connectivity index (χ0v) is 10.5. The topological polar surface area (TPSA) is 100 Å². The van der Waals surface area contributed by atoms with Gasteiger partial charge in [-0.25, -0.2) is 8.42 Å². The molecule has 1 rings (SSSR count). The Morgan fingerprint density at radius 3 is 1.79 bits per heavy atom. The smallest absolute Gasteiger partial charge is 0.744 e. The number of hydrogen-bond donors (Lipinski definition) is 1. The van der Waals surface area contributed by atoms with Gasteiger partial charge in [0.2, 0.25) is 0 Å². The van der Waals surface area contributed by atoms with Crippen molar-refractivity contribution in [3.8, 4) is 0 Å². The van der Waals surface area contributed by atoms with Crippen LogP contribution in [0.25, 0.3) is 0 Å². The molecule has 0 fully saturated rings. The second-order valence-electron chi connectivity index (χ2n) is 2.02. The number of hydrogen-bond acceptors (Lipinski definition) is 5. The molecule has 0 saturated carbocycles. The van der Waals surface area contributed by atoms with Crippen molar-refractivity contribution in [1.29, 1.82) is 0 Å². The van der Waals surface area contributed by atoms with Crippen molar-refractivity contribution >= 4 is 22.6 Å². The van der Waals surface area contributed by atoms with Crippen molar-refractivity contribution in [2.24, 2.45) is 0 Å². The van der Waals surface area contributed by atoms with Crippen molar-refractivity contribution in [3.05, 3.63) is 24.3 Å². The van der Waals surface area contributed by atoms with Gasteiger partial charge in [-0.05, 0) is 24.3 Å². The molecule has 0 spiro atoms. The van der Waals surface area contributed by atoms with Crippen molar-refractivity contribution in [2.45, 2.75) is 4.90 Å². The number of nitrogens with two attached hydrogens (primary N) is 1. The number of nitrogen functional groups attached to an aromatic ring is 1. The van der Waals surface area contributed by atoms with E-state index in [0.29, 0.717) is 5.69 Å². The fourth-order valence-electron chi connectivity index (χ4n) is 0.634. The Morgan fingerprint density at radius 1 is 1.14 bits per heavy atom. The van der Waals surface area contributed by atoms with Gasteiger partial charge in [0.05, 0.1) is 4.90 Å². The molecular formula is C7H8NNaO4S. The molecule has 0 radical (unpaired) electrons. The Labute approximate surface area is 104 Å². The van der Waals surface area contributed by atoms with E-state index < -0.39 is 10.1 Å². The molecule has 0 aliphatic rings. The number of rotatable bonds is 1. The molecule has 0 unspecified atom stereocenters. The first-order valence-corrected chi connectivity index (χ1v) is 4.51. The first kappa shape index (κ1) is 16.0. The van der Waals surface area contributed by atoms with Gasteiger partial charge < -0.3 is 15.1 Å². The quantitative estimate of drug-likeness (QED) is 0.312. The summed E-state index contributed by atoms with van der Waals surface area (Å²) < 4.78 is 31.0. The zero-order chi connectivity index (χ0) is 10.5. The van der Waals surface area contributed by atoms with E-state index in [2.05, 4.69) is 0 Å². The fraction of sp³-hybridized carbons (Fsp3) is 0. The summed E-state index contributed by atoms with van der Waals surface area (Å²) in [7, 11) is -4.33. The zero-order valence-electron chi connectivity index (χ0n) is 7.64. The van der Waals surface area contributed by atoms with Crippen LogP contribution in [-0.4, -0.2) is 19.8 Å². The van der Waals surface area contributed by atoms with Gasteiger partial charge in [0.15, 0.2) is 0 Å². The van der Waals surface area contributed by atoms with Crippen LogP contribution in [0, 0.1) is 0 Å². The van der Waals surface area contributed by atoms with Gasteiger partial charge >= 0.3 is 29.6 Å². The van der Waals surface area contributed by atoms with E-state index in [-0.39, 0.29) is 34.5 Å². The molecular weight excluding hydrogens is 217 g/mol. The van der Waals surface area contributed by atoms with Gasteiger partial charge in [-0.15, -0.1) is 0 Å². The molecule has 1 aromatic rings. The molecule has 72 valence electrons. The molecule has 7 heteroatoms. The summed E-state index contributed by atoms with van der Waals surface area (Å²) in [4.78, 5) is 7.74. The van der Waals surface area contributed by atoms with E-state index in [9.17, 15) is 13.0 Å². The fourth-order valence-corrected chi connectivity index (χ4v) is 1.10. The molecule has 0 heterocycles. The Balaban J connectivity index is 0. The molecule has 0 bridgehead atoms. The minimum Gasteiger partial charge on any atom is -0.744 e. The molecule has 0 aliphatic carbocycles. The van der Waals surface area contributed by atoms with Gasteiger partial charge in [0, 0.05) is 5.69 Å². The van der Waals surface area contributed by atoms with Crippen LogP contribution in [0.4, 0.5) is 5.69 Å². The molecule has 0 aliphatic heterocycles. The Hall–Kier alpha value is -0.400. The van der Waals surface area contributed by atoms with Crippen LogP contribution in [0.5, 0.6) is 0 Å². The minimum atomic E-state index is -4.33. The molecule has 0 aromatic heterocycles. The van der Waals surface area contributed by atoms with Crippen LogP contribution >= 0.6 is 0 Å². The van der Waals surface area contributed by atoms with Crippen molar-refractivity contribution in [2.75, 3.05) is 5.73 Å². The summed E-state index contributed by atoms with van der Waals surface area (Å²) in [6, 6.07) is 5.09. The molecule has 5 nitrogen and oxygen atoms in total. The molecule has 2 N–H and O–H groups in total. The van der Waals surface area contributed by atoms with Gasteiger partial charge in [-0.2, -0.15) is 0 Å². The third kappa shape index (κ3) is 5.36. The average Bonchev–Trinajstić information content (AvgIpc) is 2.07. The number of benzene rings is 1. The van der Waals surface area contributed by atoms with E-state index in [1.54, 1.807) is 0 Å². The third-order valence-electron chi connectivity index (χ3n) is 1.17. The first-order valence-electron chi connectivity index (χ1n) is 3.10. The standard InChI is InChI=1S/C6H7NO3S.CH2O.Na/c7-5-1-3-6(4-2-5)11(8,9)10;1-2;/h1-4H,7H2,(H,8,9,10);1H2;/q;;+1/p-1. The largest absolute Gasteiger partial charge is 1.00 e. The first-order chi connectivity index (χ1) is 6.00. The number of anilines is 1. The van der Waals surface area contributed by atoms with Crippen LogP contribution in [0.2, 0.25) is 0 Å². The second kappa shape index (κ2) is 6.97. The number of carbonyl (C=O) groups excluding carboxylic acids is 1. The van der Waals surface area contributed by atoms with Crippen LogP contribution in [0.15, 0.2) is 29.2 Å². The Morgan fingerprint density at radius 2 is 1.50 bits per heavy atom. The van der Waals surface area contributed by atoms with Crippen LogP contribution in [0.3, 0.4) is 0 Å². The van der Waals surface area contributed by atoms with Gasteiger partial charge in [0.25, 0.3) is 0 Å². The van der Waals surface area contributed by atoms with Gasteiger partial charge in [-0.3, -0.25) is 0 Å². The molecule has 0 amide bonds. The molecule has 14 heavy (non-hydrogen) atoms. The van der Waals surface area contributed by atoms with Crippen molar-refractivity contribution in [3.63, 3.8) is 0 Å². The van der Waals surface area contributed by atoms with Crippen LogP contribution in [0.1, 0.15) is 0 Å². The van der Waals surface area contributed by atoms with Crippen LogP contribution < -0.4 is 35.3 Å². The monoisotopic (exact) mass is 225 g/mol. The van der Waals surface area contributed by atoms with E-state index in [1.165, 1.54) is 24.3 Å². The maximum absolute atomic E-state index is 10.3. The summed E-state index contributed by atoms with van der Waals surface area (Å²) in [5.41, 5.74) is 5.70. The molecule has 0 saturated heterocycles. The summed E-state index contributed by atoms with van der Waals surface area (Å²) in [6.07, 6.45) is 0. The SMILES string of the molecule is C=O.Nc1ccc(S(=O)(=O)[O-])cc1.[Na+]. The third-order valence-corrected chi connectivity index (χ3v) is 2.02. The maximum Gasteiger partial charge on any atom is 1.00 e. The molecule has 1 aromatic carbocycles. The summed E-state index contributed by atoms with van der Waals surface area (Å²) in [6.45, 7) is 2.00. The van der Waals surface area contributed by atoms with E-state index in [1.807, 2.05) is 6.79 Å². The minimum absolute atomic E-state index is 0. The second-order valence-corrected chi connectivity index (χ2v) is 3.40. The molecule has 0 atom stereocenters. The van der Waals surface area contributed by atoms with Crippen molar-refractivity contribution in [1.82, 2.24) is 0 Å². The van der Waals surface area contributed by atoms with Gasteiger partial charge in [0.1, 0.15) is 16.9 Å². The Kier molecular flexibility index (Phi) is 7.98. The van der Waals surface area contributed by atoms with Crippen molar-refractivity contribution < 1.29 is 47.3 Å². The number of carbonyl (C=O) groups is 1. The Bertz CT molecular complexity index is 362. The summed E-state index contributed by atoms with van der Waals surface area (Å²) >= 11 is 0. The van der Waals surface area contributed by atoms with E-state index >= 15 is 0 Å². The maximum atomic E-state index is 10.3. The van der Waals surface area contributed by atoms with Crippen LogP contribution in [-0.2, 0) is 14.9 Å². The van der Waals surface area contributed by atoms with E-state index in [0.717, 1.165) is 0 Å². The van der Waals surface area contributed by atoms with Gasteiger partial charge in [-0.1, -0.05) is 0 Å². The summed E-state index contributed by atoms with van der Waals surface area (Å²) in [5, 5.41) is 0. The predicted molar refractivity (Wildman–Crippen MR) is 45.9 cm³/mol. The normalized spacial score (nSPS) is 9.21. The summed E-state index contributed by atoms with van der Waals surface area (Å²) in [5.74, 6) is 0. The predicted octanol–water partition coefficient (Wildman–Crippen LogP) is -3.01. The average molecular weight is 225 g/mol. The van der Waals surface area contributed by atoms with E-state index in [4.69, 9.17) is 10.5 Å².